The molecule has 0 bridgehead atoms. The molecule has 4 nitrogen and oxygen atoms in total. The van der Waals surface area contributed by atoms with E-state index in [1.54, 1.807) is 0 Å². The second kappa shape index (κ2) is 8.02. The van der Waals surface area contributed by atoms with E-state index in [9.17, 15) is 0 Å². The van der Waals surface area contributed by atoms with E-state index in [0.29, 0.717) is 6.10 Å². The molecule has 0 radical (unpaired) electrons. The Morgan fingerprint density at radius 3 is 2.27 bits per heavy atom. The van der Waals surface area contributed by atoms with Gasteiger partial charge in [0.25, 0.3) is 0 Å². The number of nitrogens with one attached hydrogen (secondary N) is 2. The number of hydrogen-bond donors (Lipinski definition) is 2. The molecular weight excluding hydrogens is 322 g/mol. The van der Waals surface area contributed by atoms with E-state index in [2.05, 4.69) is 33.8 Å². The van der Waals surface area contributed by atoms with E-state index in [0.717, 1.165) is 54.3 Å². The summed E-state index contributed by atoms with van der Waals surface area (Å²) < 4.78 is 6.07. The van der Waals surface area contributed by atoms with Crippen molar-refractivity contribution in [2.24, 2.45) is 0 Å². The maximum absolute atomic E-state index is 6.07. The highest BCUT2D eigenvalue weighted by Crippen LogP contribution is 2.25. The maximum atomic E-state index is 6.07. The summed E-state index contributed by atoms with van der Waals surface area (Å²) in [7, 11) is 0. The molecule has 26 heavy (non-hydrogen) atoms. The summed E-state index contributed by atoms with van der Waals surface area (Å²) in [5.41, 5.74) is 3.27. The third kappa shape index (κ3) is 4.21. The van der Waals surface area contributed by atoms with Crippen LogP contribution in [-0.4, -0.2) is 24.2 Å². The summed E-state index contributed by atoms with van der Waals surface area (Å²) >= 11 is 0. The Bertz CT molecular complexity index is 810. The van der Waals surface area contributed by atoms with Crippen LogP contribution >= 0.6 is 0 Å². The highest BCUT2D eigenvalue weighted by atomic mass is 16.5. The van der Waals surface area contributed by atoms with Crippen molar-refractivity contribution in [2.75, 3.05) is 18.4 Å². The largest absolute Gasteiger partial charge is 0.490 e. The Kier molecular flexibility index (Phi) is 5.12. The number of benzene rings is 2. The molecule has 4 heteroatoms. The predicted molar refractivity (Wildman–Crippen MR) is 106 cm³/mol. The zero-order valence-electron chi connectivity index (χ0n) is 14.7. The number of anilines is 2. The number of aromatic nitrogens is 1. The van der Waals surface area contributed by atoms with Crippen LogP contribution in [0.25, 0.3) is 11.1 Å². The quantitative estimate of drug-likeness (QED) is 0.708. The van der Waals surface area contributed by atoms with Crippen molar-refractivity contribution in [2.45, 2.75) is 18.9 Å². The van der Waals surface area contributed by atoms with E-state index in [-0.39, 0.29) is 0 Å². The third-order valence-corrected chi connectivity index (χ3v) is 4.59. The minimum Gasteiger partial charge on any atom is -0.490 e. The first-order valence-corrected chi connectivity index (χ1v) is 9.13. The molecule has 1 aliphatic rings. The van der Waals surface area contributed by atoms with Crippen molar-refractivity contribution in [3.8, 4) is 16.9 Å². The summed E-state index contributed by atoms with van der Waals surface area (Å²) in [4.78, 5) is 4.52. The van der Waals surface area contributed by atoms with Crippen LogP contribution < -0.4 is 15.4 Å². The average molecular weight is 345 g/mol. The van der Waals surface area contributed by atoms with Gasteiger partial charge in [0, 0.05) is 17.4 Å². The van der Waals surface area contributed by atoms with Gasteiger partial charge in [-0.3, -0.25) is 0 Å². The number of nitrogens with zero attached hydrogens (tertiary/aromatic N) is 1. The van der Waals surface area contributed by atoms with E-state index in [4.69, 9.17) is 4.74 Å². The smallest absolute Gasteiger partial charge is 0.130 e. The number of pyridine rings is 1. The normalized spacial score (nSPS) is 14.8. The van der Waals surface area contributed by atoms with Gasteiger partial charge in [-0.1, -0.05) is 30.3 Å². The van der Waals surface area contributed by atoms with Gasteiger partial charge in [0.15, 0.2) is 0 Å². The van der Waals surface area contributed by atoms with Crippen LogP contribution in [0.2, 0.25) is 0 Å². The number of piperidine rings is 1. The first-order valence-electron chi connectivity index (χ1n) is 9.13. The zero-order chi connectivity index (χ0) is 17.6. The van der Waals surface area contributed by atoms with Crippen LogP contribution in [0.15, 0.2) is 72.9 Å². The SMILES string of the molecule is c1ccc(Nc2ccc(-c3ccc(OC4CCNCC4)cc3)cn2)cc1. The predicted octanol–water partition coefficient (Wildman–Crippen LogP) is 4.62. The van der Waals surface area contributed by atoms with Crippen molar-refractivity contribution in [1.82, 2.24) is 10.3 Å². The zero-order valence-corrected chi connectivity index (χ0v) is 14.7. The highest BCUT2D eigenvalue weighted by Gasteiger charge is 2.14. The molecule has 1 saturated heterocycles. The number of para-hydroxylation sites is 1. The number of rotatable bonds is 5. The minimum absolute atomic E-state index is 0.326. The fourth-order valence-electron chi connectivity index (χ4n) is 3.14. The van der Waals surface area contributed by atoms with Gasteiger partial charge in [-0.25, -0.2) is 4.98 Å². The molecule has 1 aromatic heterocycles. The van der Waals surface area contributed by atoms with Crippen molar-refractivity contribution in [1.29, 1.82) is 0 Å². The van der Waals surface area contributed by atoms with Crippen LogP contribution in [0.4, 0.5) is 11.5 Å². The van der Waals surface area contributed by atoms with Gasteiger partial charge >= 0.3 is 0 Å². The lowest BCUT2D eigenvalue weighted by Gasteiger charge is -2.23. The molecule has 2 heterocycles. The van der Waals surface area contributed by atoms with Crippen LogP contribution in [0.5, 0.6) is 5.75 Å². The lowest BCUT2D eigenvalue weighted by Crippen LogP contribution is -2.34. The molecule has 2 N–H and O–H groups in total. The molecular formula is C22H23N3O. The molecule has 132 valence electrons. The number of ether oxygens (including phenoxy) is 1. The first kappa shape index (κ1) is 16.6. The molecule has 1 aliphatic heterocycles. The summed E-state index contributed by atoms with van der Waals surface area (Å²) in [5.74, 6) is 1.78. The van der Waals surface area contributed by atoms with Gasteiger partial charge in [0.1, 0.15) is 17.7 Å². The summed E-state index contributed by atoms with van der Waals surface area (Å²) in [6, 6.07) is 22.4. The summed E-state index contributed by atoms with van der Waals surface area (Å²) in [6.45, 7) is 2.08. The monoisotopic (exact) mass is 345 g/mol. The fraction of sp³-hybridized carbons (Fsp3) is 0.227. The first-order chi connectivity index (χ1) is 12.9. The van der Waals surface area contributed by atoms with Crippen molar-refractivity contribution in [3.05, 3.63) is 72.9 Å². The van der Waals surface area contributed by atoms with E-state index < -0.39 is 0 Å². The average Bonchev–Trinajstić information content (AvgIpc) is 2.71. The van der Waals surface area contributed by atoms with E-state index in [1.807, 2.05) is 54.7 Å². The van der Waals surface area contributed by atoms with E-state index in [1.165, 1.54) is 0 Å². The van der Waals surface area contributed by atoms with Gasteiger partial charge < -0.3 is 15.4 Å². The van der Waals surface area contributed by atoms with Crippen molar-refractivity contribution < 1.29 is 4.74 Å². The van der Waals surface area contributed by atoms with Gasteiger partial charge in [-0.05, 0) is 67.9 Å². The molecule has 0 amide bonds. The fourth-order valence-corrected chi connectivity index (χ4v) is 3.14. The molecule has 3 aromatic rings. The van der Waals surface area contributed by atoms with E-state index >= 15 is 0 Å². The topological polar surface area (TPSA) is 46.2 Å². The van der Waals surface area contributed by atoms with Gasteiger partial charge in [-0.15, -0.1) is 0 Å². The molecule has 0 spiro atoms. The standard InChI is InChI=1S/C22H23N3O/c1-2-4-19(5-3-1)25-22-11-8-18(16-24-22)17-6-9-20(10-7-17)26-21-12-14-23-15-13-21/h1-11,16,21,23H,12-15H2,(H,24,25). The van der Waals surface area contributed by atoms with Gasteiger partial charge in [0.05, 0.1) is 0 Å². The van der Waals surface area contributed by atoms with Crippen LogP contribution in [-0.2, 0) is 0 Å². The van der Waals surface area contributed by atoms with Crippen LogP contribution in [0.1, 0.15) is 12.8 Å². The molecule has 2 aromatic carbocycles. The minimum atomic E-state index is 0.326. The molecule has 4 rings (SSSR count). The molecule has 0 aliphatic carbocycles. The van der Waals surface area contributed by atoms with Crippen LogP contribution in [0.3, 0.4) is 0 Å². The Morgan fingerprint density at radius 2 is 1.58 bits per heavy atom. The highest BCUT2D eigenvalue weighted by molar-refractivity contribution is 5.65. The number of hydrogen-bond acceptors (Lipinski definition) is 4. The van der Waals surface area contributed by atoms with Gasteiger partial charge in [0.2, 0.25) is 0 Å². The van der Waals surface area contributed by atoms with Crippen LogP contribution in [0, 0.1) is 0 Å². The molecule has 0 unspecified atom stereocenters. The summed E-state index contributed by atoms with van der Waals surface area (Å²) in [6.07, 6.45) is 4.36. The lowest BCUT2D eigenvalue weighted by atomic mass is 10.1. The Hall–Kier alpha value is -2.85. The lowest BCUT2D eigenvalue weighted by molar-refractivity contribution is 0.162. The third-order valence-electron chi connectivity index (χ3n) is 4.59. The Labute approximate surface area is 154 Å². The van der Waals surface area contributed by atoms with Crippen molar-refractivity contribution in [3.63, 3.8) is 0 Å². The Morgan fingerprint density at radius 1 is 0.846 bits per heavy atom. The molecule has 0 saturated carbocycles. The second-order valence-corrected chi connectivity index (χ2v) is 6.51. The molecule has 0 atom stereocenters. The molecule has 1 fully saturated rings. The maximum Gasteiger partial charge on any atom is 0.130 e. The second-order valence-electron chi connectivity index (χ2n) is 6.51. The Balaban J connectivity index is 1.40. The summed E-state index contributed by atoms with van der Waals surface area (Å²) in [5, 5.41) is 6.66. The van der Waals surface area contributed by atoms with Crippen molar-refractivity contribution >= 4 is 11.5 Å². The van der Waals surface area contributed by atoms with Gasteiger partial charge in [-0.2, -0.15) is 0 Å².